The number of fused-ring (bicyclic) bond motifs is 6. The number of rotatable bonds is 36. The van der Waals surface area contributed by atoms with Crippen LogP contribution in [0.4, 0.5) is 11.4 Å². The molecule has 1 atom stereocenters. The van der Waals surface area contributed by atoms with Gasteiger partial charge in [0.05, 0.1) is 94.5 Å². The van der Waals surface area contributed by atoms with E-state index in [0.717, 1.165) is 18.2 Å². The molecule has 2 heterocycles. The zero-order valence-corrected chi connectivity index (χ0v) is 49.7. The summed E-state index contributed by atoms with van der Waals surface area (Å²) in [6, 6.07) is 9.54. The Bertz CT molecular complexity index is 3490. The molecule has 0 spiro atoms. The molecule has 4 aromatic rings. The van der Waals surface area contributed by atoms with Crippen LogP contribution in [-0.4, -0.2) is 193 Å². The summed E-state index contributed by atoms with van der Waals surface area (Å²) in [4.78, 5) is 10.8. The first kappa shape index (κ1) is 66.3. The molecule has 0 radical (unpaired) electrons. The lowest BCUT2D eigenvalue weighted by Crippen LogP contribution is -2.34. The van der Waals surface area contributed by atoms with E-state index < -0.39 is 76.9 Å². The molecular formula is C54H73N2O22S4+. The fourth-order valence-corrected chi connectivity index (χ4v) is 12.9. The third-order valence-corrected chi connectivity index (χ3v) is 17.6. The zero-order chi connectivity index (χ0) is 60.1. The third kappa shape index (κ3) is 16.5. The lowest BCUT2D eigenvalue weighted by molar-refractivity contribution is -0.442. The molecule has 0 aromatic heterocycles. The summed E-state index contributed by atoms with van der Waals surface area (Å²) in [6.45, 7) is 9.50. The predicted octanol–water partition coefficient (Wildman–Crippen LogP) is 6.00. The van der Waals surface area contributed by atoms with E-state index in [9.17, 15) is 61.8 Å². The van der Waals surface area contributed by atoms with Crippen LogP contribution >= 0.6 is 0 Å². The van der Waals surface area contributed by atoms with Gasteiger partial charge >= 0.3 is 5.97 Å². The summed E-state index contributed by atoms with van der Waals surface area (Å²) >= 11 is 0. The number of benzene rings is 4. The predicted molar refractivity (Wildman–Crippen MR) is 301 cm³/mol. The van der Waals surface area contributed by atoms with E-state index in [-0.39, 0.29) is 92.9 Å². The lowest BCUT2D eigenvalue weighted by atomic mass is 9.74. The molecule has 24 nitrogen and oxygen atoms in total. The van der Waals surface area contributed by atoms with Crippen molar-refractivity contribution < 1.29 is 104 Å². The number of nitrogens with zero attached hydrogens (tertiary/aromatic N) is 2. The maximum atomic E-state index is 13.3. The highest BCUT2D eigenvalue weighted by atomic mass is 32.2. The van der Waals surface area contributed by atoms with E-state index in [1.807, 2.05) is 25.7 Å². The number of methoxy groups -OCH3 is 2. The van der Waals surface area contributed by atoms with Crippen molar-refractivity contribution in [2.24, 2.45) is 0 Å². The fraction of sp³-hybridized carbons (Fsp3) is 0.519. The number of hydrogen-bond acceptors (Lipinski definition) is 18. The van der Waals surface area contributed by atoms with Gasteiger partial charge in [-0.05, 0) is 78.9 Å². The van der Waals surface area contributed by atoms with Crippen LogP contribution in [0.5, 0.6) is 0 Å². The Kier molecular flexibility index (Phi) is 23.3. The van der Waals surface area contributed by atoms with Gasteiger partial charge in [-0.15, -0.1) is 0 Å². The van der Waals surface area contributed by atoms with Crippen LogP contribution in [0.15, 0.2) is 92.0 Å². The van der Waals surface area contributed by atoms with E-state index in [0.29, 0.717) is 106 Å². The SMILES string of the molecule is COCCOCCOCCOCC[N+]1=C(/C=C/C=C2/N(CCCCCC(=O)O)c3ccc4c(S(=O)(=O)O)cc(S(=O)(=O)O)cc4c3C2(C)C)C(C)(CCOCCOCCOCCOC)c2c1cc(S(=O)(=O)O)c1ccc(S(=O)(=O)O)cc21. The number of carboxylic acids is 1. The average molecular weight is 1230 g/mol. The molecule has 82 heavy (non-hydrogen) atoms. The largest absolute Gasteiger partial charge is 0.481 e. The summed E-state index contributed by atoms with van der Waals surface area (Å²) in [5.41, 5.74) is 0.436. The number of aliphatic carboxylic acids is 1. The summed E-state index contributed by atoms with van der Waals surface area (Å²) < 4.78 is 191. The highest BCUT2D eigenvalue weighted by molar-refractivity contribution is 7.87. The van der Waals surface area contributed by atoms with Crippen molar-refractivity contribution in [3.05, 3.63) is 83.6 Å². The number of ether oxygens (including phenoxy) is 8. The van der Waals surface area contributed by atoms with E-state index in [1.165, 1.54) is 18.2 Å². The Morgan fingerprint density at radius 1 is 0.561 bits per heavy atom. The van der Waals surface area contributed by atoms with Crippen molar-refractivity contribution in [2.45, 2.75) is 83.3 Å². The summed E-state index contributed by atoms with van der Waals surface area (Å²) in [5.74, 6) is -0.963. The molecule has 0 saturated carbocycles. The standard InChI is InChI=1S/C54H72N2O22S4/c1-53(2)48(55(18-8-6-7-12-50(57)58)44-16-15-41-42(51(44)53)35-39(80(62,63)64)36-46(41)81(65,66)67)10-9-11-49-54(3,17-20-73-26-28-77-32-30-75-24-22-71-4)52-43-34-38(79(59,60)61)13-14-40(43)47(82(68,69)70)37-45(52)56(49)19-21-74-27-29-78-33-31-76-25-23-72-5/h9-11,13-16,34-37H,6-8,12,17-33H2,1-5H3,(H4-,57,58,59,60,61,62,63,64,65,66,67,68,69,70)/p+1. The van der Waals surface area contributed by atoms with Crippen molar-refractivity contribution in [1.29, 1.82) is 0 Å². The molecular weight excluding hydrogens is 1160 g/mol. The van der Waals surface area contributed by atoms with Crippen LogP contribution in [-0.2, 0) is 94.0 Å². The monoisotopic (exact) mass is 1230 g/mol. The van der Waals surface area contributed by atoms with Gasteiger partial charge in [0.1, 0.15) is 16.4 Å². The highest BCUT2D eigenvalue weighted by Crippen LogP contribution is 2.53. The molecule has 0 aliphatic carbocycles. The van der Waals surface area contributed by atoms with Crippen molar-refractivity contribution in [3.63, 3.8) is 0 Å². The molecule has 0 amide bonds. The molecule has 6 rings (SSSR count). The lowest BCUT2D eigenvalue weighted by Gasteiger charge is -2.27. The first-order valence-corrected chi connectivity index (χ1v) is 32.0. The Morgan fingerprint density at radius 3 is 1.57 bits per heavy atom. The van der Waals surface area contributed by atoms with Crippen LogP contribution in [0.25, 0.3) is 21.5 Å². The van der Waals surface area contributed by atoms with Gasteiger partial charge in [-0.2, -0.15) is 38.2 Å². The zero-order valence-electron chi connectivity index (χ0n) is 46.4. The topological polar surface area (TPSA) is 335 Å². The summed E-state index contributed by atoms with van der Waals surface area (Å²) in [6.07, 6.45) is 6.70. The Labute approximate surface area is 478 Å². The van der Waals surface area contributed by atoms with Crippen LogP contribution in [0, 0.1) is 0 Å². The minimum atomic E-state index is -5.06. The molecule has 0 fully saturated rings. The number of unbranched alkanes of at least 4 members (excludes halogenated alkanes) is 2. The van der Waals surface area contributed by atoms with Crippen LogP contribution < -0.4 is 4.90 Å². The van der Waals surface area contributed by atoms with Gasteiger partial charge < -0.3 is 47.9 Å². The first-order valence-electron chi connectivity index (χ1n) is 26.3. The van der Waals surface area contributed by atoms with Gasteiger partial charge in [-0.1, -0.05) is 38.5 Å². The smallest absolute Gasteiger partial charge is 0.303 e. The van der Waals surface area contributed by atoms with Crippen molar-refractivity contribution in [3.8, 4) is 0 Å². The Hall–Kier alpha value is -4.86. The average Bonchev–Trinajstić information content (AvgIpc) is 3.34. The number of allylic oxidation sites excluding steroid dienone is 4. The normalized spacial score (nSPS) is 17.1. The van der Waals surface area contributed by atoms with Crippen LogP contribution in [0.2, 0.25) is 0 Å². The van der Waals surface area contributed by atoms with Crippen LogP contribution in [0.3, 0.4) is 0 Å². The van der Waals surface area contributed by atoms with Crippen molar-refractivity contribution in [2.75, 3.05) is 125 Å². The van der Waals surface area contributed by atoms with Gasteiger partial charge in [0.25, 0.3) is 40.5 Å². The molecule has 1 unspecified atom stereocenters. The van der Waals surface area contributed by atoms with Gasteiger partial charge in [0.15, 0.2) is 12.3 Å². The van der Waals surface area contributed by atoms with Gasteiger partial charge in [-0.3, -0.25) is 23.0 Å². The molecule has 2 aliphatic heterocycles. The number of carboxylic acid groups (broad SMARTS) is 1. The van der Waals surface area contributed by atoms with Crippen molar-refractivity contribution >= 4 is 85.1 Å². The first-order chi connectivity index (χ1) is 38.7. The molecule has 2 aliphatic rings. The van der Waals surface area contributed by atoms with E-state index >= 15 is 0 Å². The highest BCUT2D eigenvalue weighted by Gasteiger charge is 2.50. The maximum absolute atomic E-state index is 13.3. The third-order valence-electron chi connectivity index (χ3n) is 14.1. The van der Waals surface area contributed by atoms with E-state index in [4.69, 9.17) is 37.9 Å². The Balaban J connectivity index is 1.51. The van der Waals surface area contributed by atoms with E-state index in [1.54, 1.807) is 43.1 Å². The summed E-state index contributed by atoms with van der Waals surface area (Å²) in [7, 11) is -16.8. The molecule has 0 saturated heterocycles. The minimum Gasteiger partial charge on any atom is -0.481 e. The second-order valence-electron chi connectivity index (χ2n) is 20.0. The van der Waals surface area contributed by atoms with E-state index in [2.05, 4.69) is 0 Å². The molecule has 4 aromatic carbocycles. The quantitative estimate of drug-likeness (QED) is 0.0198. The van der Waals surface area contributed by atoms with Gasteiger partial charge in [0.2, 0.25) is 5.69 Å². The fourth-order valence-electron chi connectivity index (χ4n) is 10.3. The summed E-state index contributed by atoms with van der Waals surface area (Å²) in [5, 5.41) is 9.47. The molecule has 28 heteroatoms. The van der Waals surface area contributed by atoms with Crippen molar-refractivity contribution in [1.82, 2.24) is 0 Å². The molecule has 454 valence electrons. The van der Waals surface area contributed by atoms with Gasteiger partial charge in [-0.25, -0.2) is 0 Å². The second kappa shape index (κ2) is 28.8. The second-order valence-corrected chi connectivity index (χ2v) is 25.6. The minimum absolute atomic E-state index is 0.0249. The maximum Gasteiger partial charge on any atom is 0.303 e. The number of carbonyl (C=O) groups is 1. The number of anilines is 1. The Morgan fingerprint density at radius 2 is 1.05 bits per heavy atom. The molecule has 0 bridgehead atoms. The van der Waals surface area contributed by atoms with Crippen LogP contribution in [0.1, 0.15) is 64.0 Å². The van der Waals surface area contributed by atoms with Gasteiger partial charge in [0, 0.05) is 79.1 Å². The molecule has 5 N–H and O–H groups in total. The number of hydrogen-bond donors (Lipinski definition) is 5.